The van der Waals surface area contributed by atoms with Crippen molar-refractivity contribution < 1.29 is 9.90 Å². The maximum atomic E-state index is 11.5. The highest BCUT2D eigenvalue weighted by Gasteiger charge is 2.31. The first kappa shape index (κ1) is 14.5. The largest absolute Gasteiger partial charge is 0.388 e. The van der Waals surface area contributed by atoms with Gasteiger partial charge in [-0.3, -0.25) is 4.79 Å². The fourth-order valence-electron chi connectivity index (χ4n) is 2.25. The van der Waals surface area contributed by atoms with Gasteiger partial charge in [0.1, 0.15) is 0 Å². The van der Waals surface area contributed by atoms with Crippen LogP contribution in [-0.4, -0.2) is 36.8 Å². The predicted molar refractivity (Wildman–Crippen MR) is 68.8 cm³/mol. The summed E-state index contributed by atoms with van der Waals surface area (Å²) in [5.41, 5.74) is -0.662. The maximum absolute atomic E-state index is 11.5. The Morgan fingerprint density at radius 2 is 2.06 bits per heavy atom. The lowest BCUT2D eigenvalue weighted by atomic mass is 9.79. The predicted octanol–water partition coefficient (Wildman–Crippen LogP) is 1.04. The summed E-state index contributed by atoms with van der Waals surface area (Å²) in [6.45, 7) is 3.49. The van der Waals surface area contributed by atoms with Crippen LogP contribution in [0.4, 0.5) is 0 Å². The maximum Gasteiger partial charge on any atom is 0.220 e. The van der Waals surface area contributed by atoms with E-state index in [2.05, 4.69) is 17.6 Å². The Bertz CT molecular complexity index is 236. The molecule has 4 nitrogen and oxygen atoms in total. The Balaban J connectivity index is 2.18. The quantitative estimate of drug-likeness (QED) is 0.610. The van der Waals surface area contributed by atoms with Gasteiger partial charge in [-0.05, 0) is 51.6 Å². The number of amides is 1. The first-order chi connectivity index (χ1) is 8.06. The Labute approximate surface area is 104 Å². The van der Waals surface area contributed by atoms with Gasteiger partial charge in [0.15, 0.2) is 0 Å². The summed E-state index contributed by atoms with van der Waals surface area (Å²) in [5.74, 6) is 0.758. The summed E-state index contributed by atoms with van der Waals surface area (Å²) >= 11 is 0. The zero-order valence-corrected chi connectivity index (χ0v) is 11.1. The molecule has 0 radical (unpaired) electrons. The molecule has 3 N–H and O–H groups in total. The molecule has 4 heteroatoms. The Morgan fingerprint density at radius 1 is 1.41 bits per heavy atom. The molecule has 100 valence electrons. The SMILES string of the molecule is CNCCCC(=O)NCC1(O)CCC(C)CC1. The zero-order chi connectivity index (χ0) is 12.7. The second kappa shape index (κ2) is 6.97. The van der Waals surface area contributed by atoms with Crippen LogP contribution in [-0.2, 0) is 4.79 Å². The van der Waals surface area contributed by atoms with Crippen molar-refractivity contribution in [3.63, 3.8) is 0 Å². The van der Waals surface area contributed by atoms with Gasteiger partial charge in [0.25, 0.3) is 0 Å². The smallest absolute Gasteiger partial charge is 0.220 e. The number of rotatable bonds is 6. The molecular formula is C13H26N2O2. The van der Waals surface area contributed by atoms with Crippen molar-refractivity contribution in [2.45, 2.75) is 51.0 Å². The van der Waals surface area contributed by atoms with Crippen molar-refractivity contribution in [2.75, 3.05) is 20.1 Å². The highest BCUT2D eigenvalue weighted by molar-refractivity contribution is 5.75. The molecule has 0 heterocycles. The average molecular weight is 242 g/mol. The highest BCUT2D eigenvalue weighted by Crippen LogP contribution is 2.31. The molecule has 1 rings (SSSR count). The Hall–Kier alpha value is -0.610. The van der Waals surface area contributed by atoms with Crippen molar-refractivity contribution in [3.05, 3.63) is 0 Å². The summed E-state index contributed by atoms with van der Waals surface area (Å²) in [7, 11) is 1.88. The average Bonchev–Trinajstić information content (AvgIpc) is 2.32. The van der Waals surface area contributed by atoms with Crippen LogP contribution in [0.3, 0.4) is 0 Å². The normalized spacial score (nSPS) is 29.0. The summed E-state index contributed by atoms with van der Waals surface area (Å²) < 4.78 is 0. The van der Waals surface area contributed by atoms with Gasteiger partial charge >= 0.3 is 0 Å². The number of carbonyl (C=O) groups excluding carboxylic acids is 1. The molecule has 0 saturated heterocycles. The minimum Gasteiger partial charge on any atom is -0.388 e. The van der Waals surface area contributed by atoms with Gasteiger partial charge in [-0.1, -0.05) is 6.92 Å². The van der Waals surface area contributed by atoms with Gasteiger partial charge in [-0.25, -0.2) is 0 Å². The van der Waals surface area contributed by atoms with Crippen LogP contribution in [0.25, 0.3) is 0 Å². The van der Waals surface area contributed by atoms with E-state index in [-0.39, 0.29) is 5.91 Å². The third kappa shape index (κ3) is 5.50. The van der Waals surface area contributed by atoms with Crippen LogP contribution in [0.1, 0.15) is 45.4 Å². The van der Waals surface area contributed by atoms with Crippen LogP contribution in [0.15, 0.2) is 0 Å². The fraction of sp³-hybridized carbons (Fsp3) is 0.923. The molecule has 0 aliphatic heterocycles. The van der Waals surface area contributed by atoms with Crippen molar-refractivity contribution >= 4 is 5.91 Å². The molecule has 0 bridgehead atoms. The minimum absolute atomic E-state index is 0.0484. The van der Waals surface area contributed by atoms with E-state index in [4.69, 9.17) is 0 Å². The van der Waals surface area contributed by atoms with Gasteiger partial charge in [-0.15, -0.1) is 0 Å². The van der Waals surface area contributed by atoms with Crippen molar-refractivity contribution in [1.82, 2.24) is 10.6 Å². The number of nitrogens with one attached hydrogen (secondary N) is 2. The van der Waals surface area contributed by atoms with Crippen molar-refractivity contribution in [1.29, 1.82) is 0 Å². The van der Waals surface area contributed by atoms with Gasteiger partial charge in [0.2, 0.25) is 5.91 Å². The first-order valence-electron chi connectivity index (χ1n) is 6.69. The third-order valence-corrected chi connectivity index (χ3v) is 3.65. The molecule has 0 unspecified atom stereocenters. The fourth-order valence-corrected chi connectivity index (χ4v) is 2.25. The molecule has 0 aromatic rings. The molecule has 1 amide bonds. The molecule has 1 aliphatic carbocycles. The Kier molecular flexibility index (Phi) is 5.92. The number of hydrogen-bond donors (Lipinski definition) is 3. The molecule has 0 aromatic heterocycles. The molecular weight excluding hydrogens is 216 g/mol. The van der Waals surface area contributed by atoms with Crippen LogP contribution in [0.2, 0.25) is 0 Å². The lowest BCUT2D eigenvalue weighted by Crippen LogP contribution is -2.45. The van der Waals surface area contributed by atoms with E-state index in [9.17, 15) is 9.90 Å². The van der Waals surface area contributed by atoms with Crippen LogP contribution >= 0.6 is 0 Å². The lowest BCUT2D eigenvalue weighted by molar-refractivity contribution is -0.122. The molecule has 17 heavy (non-hydrogen) atoms. The minimum atomic E-state index is -0.662. The van der Waals surface area contributed by atoms with Gasteiger partial charge in [0, 0.05) is 13.0 Å². The van der Waals surface area contributed by atoms with E-state index in [0.29, 0.717) is 18.9 Å². The number of hydrogen-bond acceptors (Lipinski definition) is 3. The monoisotopic (exact) mass is 242 g/mol. The summed E-state index contributed by atoms with van der Waals surface area (Å²) in [4.78, 5) is 11.5. The molecule has 0 atom stereocenters. The number of aliphatic hydroxyl groups is 1. The molecule has 1 aliphatic rings. The van der Waals surface area contributed by atoms with Crippen LogP contribution in [0.5, 0.6) is 0 Å². The van der Waals surface area contributed by atoms with Gasteiger partial charge in [-0.2, -0.15) is 0 Å². The molecule has 1 saturated carbocycles. The molecule has 0 aromatic carbocycles. The standard InChI is InChI=1S/C13H26N2O2/c1-11-5-7-13(17,8-6-11)10-15-12(16)4-3-9-14-2/h11,14,17H,3-10H2,1-2H3,(H,15,16). The second-order valence-corrected chi connectivity index (χ2v) is 5.39. The molecule has 1 fully saturated rings. The highest BCUT2D eigenvalue weighted by atomic mass is 16.3. The zero-order valence-electron chi connectivity index (χ0n) is 11.1. The summed E-state index contributed by atoms with van der Waals surface area (Å²) in [5, 5.41) is 16.1. The third-order valence-electron chi connectivity index (χ3n) is 3.65. The second-order valence-electron chi connectivity index (χ2n) is 5.39. The number of carbonyl (C=O) groups is 1. The molecule has 0 spiro atoms. The van der Waals surface area contributed by atoms with E-state index >= 15 is 0 Å². The van der Waals surface area contributed by atoms with Gasteiger partial charge in [0.05, 0.1) is 5.60 Å². The lowest BCUT2D eigenvalue weighted by Gasteiger charge is -2.34. The summed E-state index contributed by atoms with van der Waals surface area (Å²) in [6, 6.07) is 0. The summed E-state index contributed by atoms with van der Waals surface area (Å²) in [6.07, 6.45) is 5.12. The van der Waals surface area contributed by atoms with Gasteiger partial charge < -0.3 is 15.7 Å². The topological polar surface area (TPSA) is 61.4 Å². The Morgan fingerprint density at radius 3 is 2.65 bits per heavy atom. The van der Waals surface area contributed by atoms with E-state index in [1.807, 2.05) is 7.05 Å². The van der Waals surface area contributed by atoms with E-state index in [1.54, 1.807) is 0 Å². The van der Waals surface area contributed by atoms with Crippen LogP contribution < -0.4 is 10.6 Å². The van der Waals surface area contributed by atoms with Crippen molar-refractivity contribution in [3.8, 4) is 0 Å². The van der Waals surface area contributed by atoms with Crippen LogP contribution in [0, 0.1) is 5.92 Å². The van der Waals surface area contributed by atoms with E-state index in [0.717, 1.165) is 38.6 Å². The first-order valence-corrected chi connectivity index (χ1v) is 6.69. The van der Waals surface area contributed by atoms with Crippen molar-refractivity contribution in [2.24, 2.45) is 5.92 Å². The van der Waals surface area contributed by atoms with E-state index < -0.39 is 5.60 Å². The van der Waals surface area contributed by atoms with E-state index in [1.165, 1.54) is 0 Å².